The molecule has 3 nitrogen and oxygen atoms in total. The summed E-state index contributed by atoms with van der Waals surface area (Å²) in [4.78, 5) is 23.0. The third-order valence-corrected chi connectivity index (χ3v) is 3.21. The molecule has 0 aliphatic heterocycles. The molecule has 1 aromatic carbocycles. The first-order valence-electron chi connectivity index (χ1n) is 6.45. The highest BCUT2D eigenvalue weighted by Crippen LogP contribution is 2.19. The zero-order valence-electron chi connectivity index (χ0n) is 11.2. The number of Topliss-reactive ketones (excluding diaryl/α,β-unsaturated/α-hetero) is 1. The van der Waals surface area contributed by atoms with Gasteiger partial charge in [0, 0.05) is 12.3 Å². The summed E-state index contributed by atoms with van der Waals surface area (Å²) in [5, 5.41) is 9.26. The highest BCUT2D eigenvalue weighted by atomic mass is 16.4. The third-order valence-electron chi connectivity index (χ3n) is 3.21. The Balaban J connectivity index is 2.66. The van der Waals surface area contributed by atoms with E-state index in [0.29, 0.717) is 19.3 Å². The smallest absolute Gasteiger partial charge is 0.306 e. The largest absolute Gasteiger partial charge is 0.481 e. The van der Waals surface area contributed by atoms with Crippen molar-refractivity contribution < 1.29 is 14.7 Å². The van der Waals surface area contributed by atoms with Crippen molar-refractivity contribution in [2.75, 3.05) is 0 Å². The standard InChI is InChI=1S/C16H20O3/c1-3-7-15(17)12(2)10-14(16(18)19)11-13-8-5-4-6-9-13/h3-6,8-9,12,14H,1,7,10-11H2,2H3,(H,18,19). The molecule has 0 saturated heterocycles. The Kier molecular flexibility index (Phi) is 6.00. The number of benzene rings is 1. The molecule has 102 valence electrons. The quantitative estimate of drug-likeness (QED) is 0.731. The summed E-state index contributed by atoms with van der Waals surface area (Å²) in [6, 6.07) is 9.49. The number of allylic oxidation sites excluding steroid dienone is 1. The van der Waals surface area contributed by atoms with E-state index in [1.807, 2.05) is 30.3 Å². The zero-order chi connectivity index (χ0) is 14.3. The molecule has 0 bridgehead atoms. The van der Waals surface area contributed by atoms with Crippen LogP contribution >= 0.6 is 0 Å². The van der Waals surface area contributed by atoms with Crippen LogP contribution in [-0.4, -0.2) is 16.9 Å². The molecule has 2 atom stereocenters. The summed E-state index contributed by atoms with van der Waals surface area (Å²) in [7, 11) is 0. The number of carbonyl (C=O) groups excluding carboxylic acids is 1. The van der Waals surface area contributed by atoms with Gasteiger partial charge in [0.1, 0.15) is 5.78 Å². The number of carbonyl (C=O) groups is 2. The molecule has 3 heteroatoms. The van der Waals surface area contributed by atoms with Crippen LogP contribution < -0.4 is 0 Å². The van der Waals surface area contributed by atoms with Gasteiger partial charge < -0.3 is 5.11 Å². The number of carboxylic acid groups (broad SMARTS) is 1. The molecule has 1 rings (SSSR count). The molecule has 1 aromatic rings. The van der Waals surface area contributed by atoms with Gasteiger partial charge in [-0.3, -0.25) is 9.59 Å². The highest BCUT2D eigenvalue weighted by Gasteiger charge is 2.23. The Bertz CT molecular complexity index is 437. The third kappa shape index (κ3) is 5.08. The molecule has 0 aliphatic rings. The van der Waals surface area contributed by atoms with E-state index in [-0.39, 0.29) is 11.7 Å². The lowest BCUT2D eigenvalue weighted by Gasteiger charge is -2.16. The molecular formula is C16H20O3. The lowest BCUT2D eigenvalue weighted by atomic mass is 9.87. The second kappa shape index (κ2) is 7.52. The lowest BCUT2D eigenvalue weighted by Crippen LogP contribution is -2.22. The maximum absolute atomic E-state index is 11.7. The Morgan fingerprint density at radius 3 is 2.47 bits per heavy atom. The summed E-state index contributed by atoms with van der Waals surface area (Å²) >= 11 is 0. The van der Waals surface area contributed by atoms with Gasteiger partial charge in [-0.2, -0.15) is 0 Å². The van der Waals surface area contributed by atoms with E-state index in [1.54, 1.807) is 13.0 Å². The van der Waals surface area contributed by atoms with Crippen molar-refractivity contribution in [3.63, 3.8) is 0 Å². The first kappa shape index (κ1) is 15.2. The lowest BCUT2D eigenvalue weighted by molar-refractivity contribution is -0.142. The van der Waals surface area contributed by atoms with E-state index < -0.39 is 11.9 Å². The maximum atomic E-state index is 11.7. The van der Waals surface area contributed by atoms with Gasteiger partial charge in [0.15, 0.2) is 0 Å². The van der Waals surface area contributed by atoms with Crippen molar-refractivity contribution in [1.82, 2.24) is 0 Å². The van der Waals surface area contributed by atoms with Crippen LogP contribution in [0.5, 0.6) is 0 Å². The number of hydrogen-bond donors (Lipinski definition) is 1. The fourth-order valence-corrected chi connectivity index (χ4v) is 2.07. The van der Waals surface area contributed by atoms with Crippen LogP contribution in [0.25, 0.3) is 0 Å². The number of rotatable bonds is 8. The predicted molar refractivity (Wildman–Crippen MR) is 74.9 cm³/mol. The minimum absolute atomic E-state index is 0.0503. The predicted octanol–water partition coefficient (Wildman–Crippen LogP) is 3.10. The van der Waals surface area contributed by atoms with Crippen molar-refractivity contribution in [1.29, 1.82) is 0 Å². The van der Waals surface area contributed by atoms with E-state index in [9.17, 15) is 14.7 Å². The van der Waals surface area contributed by atoms with Crippen molar-refractivity contribution in [2.24, 2.45) is 11.8 Å². The van der Waals surface area contributed by atoms with E-state index in [4.69, 9.17) is 0 Å². The highest BCUT2D eigenvalue weighted by molar-refractivity contribution is 5.82. The van der Waals surface area contributed by atoms with Gasteiger partial charge in [-0.25, -0.2) is 0 Å². The van der Waals surface area contributed by atoms with Gasteiger partial charge in [-0.1, -0.05) is 43.3 Å². The summed E-state index contributed by atoms with van der Waals surface area (Å²) < 4.78 is 0. The molecule has 0 radical (unpaired) electrons. The van der Waals surface area contributed by atoms with Crippen LogP contribution in [0.15, 0.2) is 43.0 Å². The second-order valence-electron chi connectivity index (χ2n) is 4.82. The van der Waals surface area contributed by atoms with E-state index in [1.165, 1.54) is 0 Å². The molecule has 0 spiro atoms. The van der Waals surface area contributed by atoms with Gasteiger partial charge in [0.05, 0.1) is 5.92 Å². The van der Waals surface area contributed by atoms with E-state index in [0.717, 1.165) is 5.56 Å². The van der Waals surface area contributed by atoms with Crippen LogP contribution in [-0.2, 0) is 16.0 Å². The zero-order valence-corrected chi connectivity index (χ0v) is 11.2. The summed E-state index contributed by atoms with van der Waals surface area (Å²) in [5.74, 6) is -1.56. The number of carboxylic acids is 1. The Hall–Kier alpha value is -1.90. The normalized spacial score (nSPS) is 13.5. The average Bonchev–Trinajstić information content (AvgIpc) is 2.39. The topological polar surface area (TPSA) is 54.4 Å². The van der Waals surface area contributed by atoms with Gasteiger partial charge in [0.2, 0.25) is 0 Å². The summed E-state index contributed by atoms with van der Waals surface area (Å²) in [5.41, 5.74) is 0.985. The minimum atomic E-state index is -0.845. The molecule has 2 unspecified atom stereocenters. The minimum Gasteiger partial charge on any atom is -0.481 e. The number of aliphatic carboxylic acids is 1. The molecule has 0 fully saturated rings. The first-order chi connectivity index (χ1) is 9.04. The van der Waals surface area contributed by atoms with E-state index >= 15 is 0 Å². The molecule has 0 heterocycles. The molecule has 19 heavy (non-hydrogen) atoms. The summed E-state index contributed by atoms with van der Waals surface area (Å²) in [6.45, 7) is 5.31. The van der Waals surface area contributed by atoms with Gasteiger partial charge in [0.25, 0.3) is 0 Å². The van der Waals surface area contributed by atoms with Crippen LogP contribution in [0, 0.1) is 11.8 Å². The summed E-state index contributed by atoms with van der Waals surface area (Å²) in [6.07, 6.45) is 2.70. The van der Waals surface area contributed by atoms with Crippen molar-refractivity contribution in [3.8, 4) is 0 Å². The van der Waals surface area contributed by atoms with E-state index in [2.05, 4.69) is 6.58 Å². The maximum Gasteiger partial charge on any atom is 0.306 e. The fourth-order valence-electron chi connectivity index (χ4n) is 2.07. The van der Waals surface area contributed by atoms with Gasteiger partial charge in [-0.15, -0.1) is 6.58 Å². The molecule has 0 saturated carbocycles. The Labute approximate surface area is 114 Å². The number of ketones is 1. The van der Waals surface area contributed by atoms with Crippen LogP contribution in [0.4, 0.5) is 0 Å². The van der Waals surface area contributed by atoms with Gasteiger partial charge >= 0.3 is 5.97 Å². The first-order valence-corrected chi connectivity index (χ1v) is 6.45. The molecule has 0 aliphatic carbocycles. The van der Waals surface area contributed by atoms with Crippen molar-refractivity contribution in [2.45, 2.75) is 26.2 Å². The second-order valence-corrected chi connectivity index (χ2v) is 4.82. The fraction of sp³-hybridized carbons (Fsp3) is 0.375. The van der Waals surface area contributed by atoms with Crippen LogP contribution in [0.2, 0.25) is 0 Å². The molecule has 0 amide bonds. The molecule has 1 N–H and O–H groups in total. The number of hydrogen-bond acceptors (Lipinski definition) is 2. The van der Waals surface area contributed by atoms with Crippen LogP contribution in [0.3, 0.4) is 0 Å². The Morgan fingerprint density at radius 2 is 1.95 bits per heavy atom. The molecule has 0 aromatic heterocycles. The van der Waals surface area contributed by atoms with Crippen LogP contribution in [0.1, 0.15) is 25.3 Å². The van der Waals surface area contributed by atoms with Crippen molar-refractivity contribution in [3.05, 3.63) is 48.6 Å². The van der Waals surface area contributed by atoms with Gasteiger partial charge in [-0.05, 0) is 18.4 Å². The molecular weight excluding hydrogens is 240 g/mol. The Morgan fingerprint density at radius 1 is 1.32 bits per heavy atom. The van der Waals surface area contributed by atoms with Crippen molar-refractivity contribution >= 4 is 11.8 Å². The SMILES string of the molecule is C=CCC(=O)C(C)CC(Cc1ccccc1)C(=O)O. The average molecular weight is 260 g/mol. The monoisotopic (exact) mass is 260 g/mol.